The van der Waals surface area contributed by atoms with Crippen molar-refractivity contribution in [3.05, 3.63) is 0 Å². The molecule has 1 N–H and O–H groups in total. The van der Waals surface area contributed by atoms with Gasteiger partial charge < -0.3 is 10.1 Å². The largest absolute Gasteiger partial charge is 0.385 e. The Morgan fingerprint density at radius 1 is 1.19 bits per heavy atom. The van der Waals surface area contributed by atoms with E-state index in [0.29, 0.717) is 5.54 Å². The zero-order chi connectivity index (χ0) is 11.4. The highest BCUT2D eigenvalue weighted by atomic mass is 16.5. The van der Waals surface area contributed by atoms with E-state index in [4.69, 9.17) is 4.74 Å². The minimum absolute atomic E-state index is 0.416. The molecule has 0 aromatic carbocycles. The van der Waals surface area contributed by atoms with Gasteiger partial charge in [-0.05, 0) is 38.0 Å². The molecule has 2 fully saturated rings. The van der Waals surface area contributed by atoms with Crippen LogP contribution in [0.4, 0.5) is 0 Å². The van der Waals surface area contributed by atoms with Crippen LogP contribution in [0.5, 0.6) is 0 Å². The maximum atomic E-state index is 5.28. The first-order valence-electron chi connectivity index (χ1n) is 7.02. The minimum Gasteiger partial charge on any atom is -0.385 e. The van der Waals surface area contributed by atoms with Crippen LogP contribution < -0.4 is 5.32 Å². The number of rotatable bonds is 5. The number of hydrogen-bond acceptors (Lipinski definition) is 2. The van der Waals surface area contributed by atoms with Crippen molar-refractivity contribution >= 4 is 0 Å². The van der Waals surface area contributed by atoms with E-state index in [9.17, 15) is 0 Å². The van der Waals surface area contributed by atoms with Crippen LogP contribution in [0, 0.1) is 5.92 Å². The Hall–Kier alpha value is -0.0800. The summed E-state index contributed by atoms with van der Waals surface area (Å²) in [5.74, 6) is 0.875. The Kier molecular flexibility index (Phi) is 4.26. The lowest BCUT2D eigenvalue weighted by atomic mass is 9.90. The van der Waals surface area contributed by atoms with Gasteiger partial charge in [0.2, 0.25) is 0 Å². The zero-order valence-corrected chi connectivity index (χ0v) is 10.9. The van der Waals surface area contributed by atoms with Crippen LogP contribution in [0.25, 0.3) is 0 Å². The summed E-state index contributed by atoms with van der Waals surface area (Å²) >= 11 is 0. The van der Waals surface area contributed by atoms with Crippen LogP contribution in [0.3, 0.4) is 0 Å². The third-order valence-electron chi connectivity index (χ3n) is 4.70. The van der Waals surface area contributed by atoms with Gasteiger partial charge in [0.05, 0.1) is 0 Å². The van der Waals surface area contributed by atoms with Crippen molar-refractivity contribution in [2.75, 3.05) is 13.7 Å². The van der Waals surface area contributed by atoms with Crippen LogP contribution >= 0.6 is 0 Å². The molecule has 0 saturated heterocycles. The van der Waals surface area contributed by atoms with E-state index in [2.05, 4.69) is 12.2 Å². The predicted molar refractivity (Wildman–Crippen MR) is 67.6 cm³/mol. The summed E-state index contributed by atoms with van der Waals surface area (Å²) in [5.41, 5.74) is 0.416. The lowest BCUT2D eigenvalue weighted by molar-refractivity contribution is 0.144. The molecule has 2 saturated carbocycles. The minimum atomic E-state index is 0.416. The van der Waals surface area contributed by atoms with Gasteiger partial charge in [-0.15, -0.1) is 0 Å². The van der Waals surface area contributed by atoms with Crippen molar-refractivity contribution in [1.29, 1.82) is 0 Å². The lowest BCUT2D eigenvalue weighted by Gasteiger charge is -2.35. The molecule has 2 nitrogen and oxygen atoms in total. The number of methoxy groups -OCH3 is 1. The molecule has 0 aromatic heterocycles. The maximum Gasteiger partial charge on any atom is 0.0479 e. The third kappa shape index (κ3) is 2.78. The van der Waals surface area contributed by atoms with Crippen molar-refractivity contribution in [3.63, 3.8) is 0 Å². The topological polar surface area (TPSA) is 21.3 Å². The van der Waals surface area contributed by atoms with Crippen molar-refractivity contribution in [1.82, 2.24) is 5.32 Å². The van der Waals surface area contributed by atoms with E-state index >= 15 is 0 Å². The molecule has 2 aliphatic carbocycles. The molecule has 2 rings (SSSR count). The van der Waals surface area contributed by atoms with E-state index < -0.39 is 0 Å². The fourth-order valence-electron chi connectivity index (χ4n) is 3.57. The standard InChI is InChI=1S/C14H27NO/c1-12-6-5-7-13(12)15-14(10-11-16-2)8-3-4-9-14/h12-13,15H,3-11H2,1-2H3. The predicted octanol–water partition coefficient (Wildman–Crippen LogP) is 3.11. The average molecular weight is 225 g/mol. The monoisotopic (exact) mass is 225 g/mol. The highest BCUT2D eigenvalue weighted by molar-refractivity contribution is 4.96. The van der Waals surface area contributed by atoms with Crippen LogP contribution in [0.1, 0.15) is 58.3 Å². The van der Waals surface area contributed by atoms with Gasteiger partial charge in [-0.1, -0.05) is 26.2 Å². The highest BCUT2D eigenvalue weighted by Crippen LogP contribution is 2.36. The average Bonchev–Trinajstić information content (AvgIpc) is 2.88. The lowest BCUT2D eigenvalue weighted by Crippen LogP contribution is -2.50. The summed E-state index contributed by atoms with van der Waals surface area (Å²) in [4.78, 5) is 0. The third-order valence-corrected chi connectivity index (χ3v) is 4.70. The van der Waals surface area contributed by atoms with Gasteiger partial charge in [0, 0.05) is 25.3 Å². The smallest absolute Gasteiger partial charge is 0.0479 e. The molecule has 0 aliphatic heterocycles. The molecule has 0 spiro atoms. The van der Waals surface area contributed by atoms with Crippen molar-refractivity contribution in [2.45, 2.75) is 69.9 Å². The second-order valence-electron chi connectivity index (χ2n) is 5.89. The second-order valence-corrected chi connectivity index (χ2v) is 5.89. The van der Waals surface area contributed by atoms with Gasteiger partial charge in [-0.2, -0.15) is 0 Å². The molecule has 0 heterocycles. The normalized spacial score (nSPS) is 33.4. The van der Waals surface area contributed by atoms with E-state index in [1.54, 1.807) is 0 Å². The van der Waals surface area contributed by atoms with Crippen molar-refractivity contribution in [3.8, 4) is 0 Å². The summed E-state index contributed by atoms with van der Waals surface area (Å²) in [6.45, 7) is 3.32. The summed E-state index contributed by atoms with van der Waals surface area (Å²) < 4.78 is 5.28. The molecule has 2 heteroatoms. The summed E-state index contributed by atoms with van der Waals surface area (Å²) in [6, 6.07) is 0.773. The number of nitrogens with one attached hydrogen (secondary N) is 1. The van der Waals surface area contributed by atoms with Gasteiger partial charge in [0.15, 0.2) is 0 Å². The number of ether oxygens (including phenoxy) is 1. The highest BCUT2D eigenvalue weighted by Gasteiger charge is 2.37. The van der Waals surface area contributed by atoms with Crippen LogP contribution in [0.2, 0.25) is 0 Å². The summed E-state index contributed by atoms with van der Waals surface area (Å²) in [6.07, 6.45) is 10.9. The molecule has 2 aliphatic rings. The molecule has 0 aromatic rings. The SMILES string of the molecule is COCCC1(NC2CCCC2C)CCCC1. The van der Waals surface area contributed by atoms with Crippen LogP contribution in [-0.2, 0) is 4.74 Å². The van der Waals surface area contributed by atoms with E-state index in [1.165, 1.54) is 51.4 Å². The zero-order valence-electron chi connectivity index (χ0n) is 10.9. The van der Waals surface area contributed by atoms with Gasteiger partial charge >= 0.3 is 0 Å². The first-order chi connectivity index (χ1) is 7.76. The number of hydrogen-bond donors (Lipinski definition) is 1. The molecule has 94 valence electrons. The Morgan fingerprint density at radius 3 is 2.50 bits per heavy atom. The molecule has 0 bridgehead atoms. The summed E-state index contributed by atoms with van der Waals surface area (Å²) in [7, 11) is 1.82. The molecule has 0 amide bonds. The molecule has 2 unspecified atom stereocenters. The van der Waals surface area contributed by atoms with E-state index in [1.807, 2.05) is 7.11 Å². The van der Waals surface area contributed by atoms with Gasteiger partial charge in [0.1, 0.15) is 0 Å². The maximum absolute atomic E-state index is 5.28. The summed E-state index contributed by atoms with van der Waals surface area (Å²) in [5, 5.41) is 4.00. The fraction of sp³-hybridized carbons (Fsp3) is 1.00. The van der Waals surface area contributed by atoms with Crippen molar-refractivity contribution in [2.24, 2.45) is 5.92 Å². The van der Waals surface area contributed by atoms with E-state index in [-0.39, 0.29) is 0 Å². The van der Waals surface area contributed by atoms with Gasteiger partial charge in [-0.3, -0.25) is 0 Å². The Labute approximate surface area is 100 Å². The first-order valence-corrected chi connectivity index (χ1v) is 7.02. The fourth-order valence-corrected chi connectivity index (χ4v) is 3.57. The van der Waals surface area contributed by atoms with Gasteiger partial charge in [-0.25, -0.2) is 0 Å². The van der Waals surface area contributed by atoms with Crippen LogP contribution in [0.15, 0.2) is 0 Å². The molecular weight excluding hydrogens is 198 g/mol. The van der Waals surface area contributed by atoms with Gasteiger partial charge in [0.25, 0.3) is 0 Å². The molecular formula is C14H27NO. The Morgan fingerprint density at radius 2 is 1.94 bits per heavy atom. The Balaban J connectivity index is 1.91. The molecule has 16 heavy (non-hydrogen) atoms. The second kappa shape index (κ2) is 5.50. The van der Waals surface area contributed by atoms with E-state index in [0.717, 1.165) is 18.6 Å². The molecule has 2 atom stereocenters. The van der Waals surface area contributed by atoms with Crippen molar-refractivity contribution < 1.29 is 4.74 Å². The molecule has 0 radical (unpaired) electrons. The van der Waals surface area contributed by atoms with Crippen LogP contribution in [-0.4, -0.2) is 25.3 Å². The Bertz CT molecular complexity index is 211. The quantitative estimate of drug-likeness (QED) is 0.776. The first kappa shape index (κ1) is 12.4.